The number of hydrogen-bond donors (Lipinski definition) is 1. The first-order valence-electron chi connectivity index (χ1n) is 9.91. The maximum absolute atomic E-state index is 12.6. The lowest BCUT2D eigenvalue weighted by atomic mass is 9.96. The Morgan fingerprint density at radius 1 is 1.21 bits per heavy atom. The number of hydrogen-bond acceptors (Lipinski definition) is 6. The second-order valence-electron chi connectivity index (χ2n) is 7.84. The molecular weight excluding hydrogens is 426 g/mol. The molecule has 2 bridgehead atoms. The lowest BCUT2D eigenvalue weighted by molar-refractivity contribution is -0.157. The maximum atomic E-state index is 12.6. The minimum absolute atomic E-state index is 0. The number of carbonyl (C=O) groups is 2. The monoisotopic (exact) mass is 453 g/mol. The summed E-state index contributed by atoms with van der Waals surface area (Å²) in [5.41, 5.74) is 0.766. The van der Waals surface area contributed by atoms with Gasteiger partial charge < -0.3 is 14.6 Å². The number of aliphatic hydroxyl groups excluding tert-OH is 1. The van der Waals surface area contributed by atoms with Crippen LogP contribution < -0.4 is 0 Å². The zero-order valence-electron chi connectivity index (χ0n) is 16.0. The lowest BCUT2D eigenvalue weighted by Gasteiger charge is -2.40. The van der Waals surface area contributed by atoms with E-state index in [9.17, 15) is 14.7 Å². The van der Waals surface area contributed by atoms with Crippen LogP contribution in [-0.2, 0) is 19.1 Å². The van der Waals surface area contributed by atoms with Crippen molar-refractivity contribution in [2.45, 2.75) is 68.9 Å². The number of piperidine rings is 1. The van der Waals surface area contributed by atoms with Crippen LogP contribution in [0.5, 0.6) is 0 Å². The zero-order valence-corrected chi connectivity index (χ0v) is 17.7. The second kappa shape index (κ2) is 9.03. The molecule has 4 rings (SSSR count). The van der Waals surface area contributed by atoms with Gasteiger partial charge in [-0.2, -0.15) is 0 Å². The lowest BCUT2D eigenvalue weighted by Crippen LogP contribution is -2.52. The summed E-state index contributed by atoms with van der Waals surface area (Å²) >= 11 is 0. The average molecular weight is 454 g/mol. The highest BCUT2D eigenvalue weighted by Gasteiger charge is 2.64. The van der Waals surface area contributed by atoms with Crippen LogP contribution in [-0.4, -0.2) is 65.3 Å². The van der Waals surface area contributed by atoms with E-state index >= 15 is 0 Å². The van der Waals surface area contributed by atoms with Crippen molar-refractivity contribution in [3.63, 3.8) is 0 Å². The van der Waals surface area contributed by atoms with Crippen molar-refractivity contribution >= 4 is 28.7 Å². The first-order valence-corrected chi connectivity index (χ1v) is 9.91. The van der Waals surface area contributed by atoms with Gasteiger partial charge in [0, 0.05) is 31.3 Å². The van der Waals surface area contributed by atoms with Gasteiger partial charge in [-0.05, 0) is 12.0 Å². The predicted octanol–water partition coefficient (Wildman–Crippen LogP) is 2.24. The number of carbonyl (C=O) groups excluding carboxylic acids is 2. The number of halogens is 1. The molecule has 154 valence electrons. The molecule has 5 unspecified atom stereocenters. The van der Waals surface area contributed by atoms with Crippen LogP contribution in [0.25, 0.3) is 0 Å². The molecular formula is C21H28BrNO5. The number of epoxide rings is 1. The number of ketones is 1. The highest BCUT2D eigenvalue weighted by Crippen LogP contribution is 2.48. The van der Waals surface area contributed by atoms with Crippen molar-refractivity contribution < 1.29 is 24.2 Å². The molecule has 3 aliphatic rings. The molecule has 28 heavy (non-hydrogen) atoms. The van der Waals surface area contributed by atoms with Gasteiger partial charge in [0.15, 0.2) is 0 Å². The Hall–Kier alpha value is -1.28. The van der Waals surface area contributed by atoms with Gasteiger partial charge in [0.2, 0.25) is 0 Å². The fraction of sp³-hybridized carbons (Fsp3) is 0.619. The normalized spacial score (nSPS) is 31.4. The van der Waals surface area contributed by atoms with Crippen molar-refractivity contribution in [1.82, 2.24) is 4.90 Å². The molecule has 0 saturated carbocycles. The van der Waals surface area contributed by atoms with E-state index in [4.69, 9.17) is 9.47 Å². The number of ether oxygens (including phenoxy) is 2. The topological polar surface area (TPSA) is 79.4 Å². The van der Waals surface area contributed by atoms with Gasteiger partial charge in [0.25, 0.3) is 0 Å². The molecule has 3 saturated heterocycles. The Morgan fingerprint density at radius 3 is 2.43 bits per heavy atom. The highest BCUT2D eigenvalue weighted by atomic mass is 79.9. The van der Waals surface area contributed by atoms with Crippen molar-refractivity contribution in [2.75, 3.05) is 13.2 Å². The standard InChI is InChI=1S/C21H27NO5.BrH/c1-2-6-14(24)11-22-17-9-15(10-18(22)20-19(17)27-20)26-21(25)16(12-23)13-7-4-3-5-8-13;/h3-5,7-8,15-20,23H,2,6,9-12H2,1H3;1H. The molecule has 3 heterocycles. The molecule has 0 aromatic heterocycles. The summed E-state index contributed by atoms with van der Waals surface area (Å²) in [6, 6.07) is 9.54. The molecule has 3 aliphatic heterocycles. The molecule has 5 atom stereocenters. The van der Waals surface area contributed by atoms with Crippen LogP contribution in [0.4, 0.5) is 0 Å². The van der Waals surface area contributed by atoms with Gasteiger partial charge in [0.05, 0.1) is 13.2 Å². The number of morpholine rings is 1. The summed E-state index contributed by atoms with van der Waals surface area (Å²) in [5, 5.41) is 9.67. The van der Waals surface area contributed by atoms with Gasteiger partial charge in [-0.3, -0.25) is 14.5 Å². The van der Waals surface area contributed by atoms with Crippen LogP contribution in [0, 0.1) is 0 Å². The number of nitrogens with zero attached hydrogens (tertiary/aromatic N) is 1. The summed E-state index contributed by atoms with van der Waals surface area (Å²) in [6.45, 7) is 2.22. The van der Waals surface area contributed by atoms with E-state index in [2.05, 4.69) is 4.90 Å². The van der Waals surface area contributed by atoms with E-state index in [0.717, 1.165) is 12.0 Å². The molecule has 0 amide bonds. The molecule has 3 fully saturated rings. The third kappa shape index (κ3) is 4.17. The van der Waals surface area contributed by atoms with Crippen molar-refractivity contribution in [1.29, 1.82) is 0 Å². The smallest absolute Gasteiger partial charge is 0.316 e. The second-order valence-corrected chi connectivity index (χ2v) is 7.84. The fourth-order valence-electron chi connectivity index (χ4n) is 4.69. The van der Waals surface area contributed by atoms with Crippen molar-refractivity contribution in [3.05, 3.63) is 35.9 Å². The Labute approximate surface area is 176 Å². The Kier molecular flexibility index (Phi) is 6.91. The average Bonchev–Trinajstić information content (AvgIpc) is 3.41. The minimum atomic E-state index is -0.654. The van der Waals surface area contributed by atoms with Crippen LogP contribution >= 0.6 is 17.0 Å². The van der Waals surface area contributed by atoms with E-state index in [0.29, 0.717) is 25.8 Å². The quantitative estimate of drug-likeness (QED) is 0.480. The van der Waals surface area contributed by atoms with E-state index in [-0.39, 0.29) is 65.7 Å². The summed E-state index contributed by atoms with van der Waals surface area (Å²) < 4.78 is 11.5. The van der Waals surface area contributed by atoms with E-state index in [1.165, 1.54) is 0 Å². The number of esters is 1. The van der Waals surface area contributed by atoms with E-state index < -0.39 is 5.92 Å². The molecule has 7 heteroatoms. The fourth-order valence-corrected chi connectivity index (χ4v) is 4.69. The molecule has 0 spiro atoms. The Balaban J connectivity index is 0.00000225. The zero-order chi connectivity index (χ0) is 19.0. The van der Waals surface area contributed by atoms with Crippen LogP contribution in [0.1, 0.15) is 44.1 Å². The molecule has 6 nitrogen and oxygen atoms in total. The number of fused-ring (bicyclic) bond motifs is 5. The van der Waals surface area contributed by atoms with Gasteiger partial charge in [0.1, 0.15) is 30.0 Å². The molecule has 0 radical (unpaired) electrons. The summed E-state index contributed by atoms with van der Waals surface area (Å²) in [4.78, 5) is 27.0. The molecule has 1 aromatic rings. The Bertz CT molecular complexity index is 681. The first kappa shape index (κ1) is 21.4. The van der Waals surface area contributed by atoms with Crippen molar-refractivity contribution in [2.24, 2.45) is 0 Å². The molecule has 1 aromatic carbocycles. The van der Waals surface area contributed by atoms with Gasteiger partial charge in [-0.15, -0.1) is 17.0 Å². The number of rotatable bonds is 8. The van der Waals surface area contributed by atoms with E-state index in [1.54, 1.807) is 0 Å². The van der Waals surface area contributed by atoms with Gasteiger partial charge in [-0.1, -0.05) is 37.3 Å². The maximum Gasteiger partial charge on any atom is 0.316 e. The highest BCUT2D eigenvalue weighted by molar-refractivity contribution is 8.93. The number of benzene rings is 1. The first-order chi connectivity index (χ1) is 13.1. The molecule has 1 N–H and O–H groups in total. The predicted molar refractivity (Wildman–Crippen MR) is 109 cm³/mol. The number of Topliss-reactive ketones (excluding diaryl/α,β-unsaturated/α-hetero) is 1. The summed E-state index contributed by atoms with van der Waals surface area (Å²) in [6.07, 6.45) is 3.03. The largest absolute Gasteiger partial charge is 0.462 e. The third-order valence-corrected chi connectivity index (χ3v) is 6.02. The Morgan fingerprint density at radius 2 is 1.86 bits per heavy atom. The van der Waals surface area contributed by atoms with Crippen LogP contribution in [0.2, 0.25) is 0 Å². The van der Waals surface area contributed by atoms with Crippen molar-refractivity contribution in [3.8, 4) is 0 Å². The minimum Gasteiger partial charge on any atom is -0.462 e. The molecule has 0 aliphatic carbocycles. The van der Waals surface area contributed by atoms with Gasteiger partial charge >= 0.3 is 5.97 Å². The van der Waals surface area contributed by atoms with Crippen LogP contribution in [0.15, 0.2) is 30.3 Å². The van der Waals surface area contributed by atoms with Crippen LogP contribution in [0.3, 0.4) is 0 Å². The summed E-state index contributed by atoms with van der Waals surface area (Å²) in [5.74, 6) is -0.759. The number of aliphatic hydroxyl groups is 1. The third-order valence-electron chi connectivity index (χ3n) is 6.02. The van der Waals surface area contributed by atoms with E-state index in [1.807, 2.05) is 37.3 Å². The van der Waals surface area contributed by atoms with Gasteiger partial charge in [-0.25, -0.2) is 0 Å². The SMILES string of the molecule is Br.CCCC(=O)CN1C2CC(OC(=O)C(CO)c3ccccc3)CC1C1OC12. The summed E-state index contributed by atoms with van der Waals surface area (Å²) in [7, 11) is 0.